The van der Waals surface area contributed by atoms with E-state index >= 15 is 0 Å². The Morgan fingerprint density at radius 1 is 1.67 bits per heavy atom. The quantitative estimate of drug-likeness (QED) is 0.698. The Balaban J connectivity index is 2.57. The van der Waals surface area contributed by atoms with Crippen LogP contribution >= 0.6 is 23.2 Å². The number of carbonyl (C=O) groups excluding carboxylic acids is 1. The van der Waals surface area contributed by atoms with E-state index in [-0.39, 0.29) is 6.61 Å². The maximum Gasteiger partial charge on any atom is 0.404 e. The van der Waals surface area contributed by atoms with Crippen LogP contribution in [0.1, 0.15) is 5.69 Å². The van der Waals surface area contributed by atoms with Crippen molar-refractivity contribution in [2.75, 3.05) is 0 Å². The molecule has 1 rings (SSSR count). The van der Waals surface area contributed by atoms with Crippen LogP contribution in [-0.2, 0) is 11.3 Å². The molecule has 0 N–H and O–H groups in total. The van der Waals surface area contributed by atoms with Crippen molar-refractivity contribution in [2.24, 2.45) is 0 Å². The molecule has 0 amide bonds. The number of rotatable bonds is 2. The van der Waals surface area contributed by atoms with E-state index in [1.54, 1.807) is 12.1 Å². The van der Waals surface area contributed by atoms with E-state index in [1.807, 2.05) is 0 Å². The Morgan fingerprint density at radius 3 is 3.00 bits per heavy atom. The summed E-state index contributed by atoms with van der Waals surface area (Å²) in [6, 6.07) is 3.23. The van der Waals surface area contributed by atoms with Crippen LogP contribution in [0.25, 0.3) is 0 Å². The summed E-state index contributed by atoms with van der Waals surface area (Å²) in [5.74, 6) is 0. The molecule has 0 unspecified atom stereocenters. The maximum atomic E-state index is 10.2. The van der Waals surface area contributed by atoms with Gasteiger partial charge < -0.3 is 4.74 Å². The molecule has 0 aliphatic rings. The van der Waals surface area contributed by atoms with Gasteiger partial charge in [0.25, 0.3) is 0 Å². The Bertz CT molecular complexity index is 290. The van der Waals surface area contributed by atoms with Crippen molar-refractivity contribution < 1.29 is 9.53 Å². The van der Waals surface area contributed by atoms with Gasteiger partial charge in [0.05, 0.1) is 5.69 Å². The van der Waals surface area contributed by atoms with E-state index in [2.05, 4.69) is 9.72 Å². The molecule has 0 aliphatic carbocycles. The lowest BCUT2D eigenvalue weighted by Gasteiger charge is -1.99. The third-order valence-corrected chi connectivity index (χ3v) is 1.46. The van der Waals surface area contributed by atoms with E-state index in [0.717, 1.165) is 0 Å². The monoisotopic (exact) mass is 205 g/mol. The largest absolute Gasteiger partial charge is 0.447 e. The predicted octanol–water partition coefficient (Wildman–Crippen LogP) is 2.61. The molecule has 0 spiro atoms. The summed E-state index contributed by atoms with van der Waals surface area (Å²) in [4.78, 5) is 14.1. The minimum absolute atomic E-state index is 0.0445. The van der Waals surface area contributed by atoms with Gasteiger partial charge in [0.15, 0.2) is 0 Å². The summed E-state index contributed by atoms with van der Waals surface area (Å²) in [5.41, 5.74) is -0.284. The van der Waals surface area contributed by atoms with Crippen molar-refractivity contribution in [2.45, 2.75) is 6.61 Å². The lowest BCUT2D eigenvalue weighted by atomic mass is 10.4. The molecule has 0 radical (unpaired) electrons. The molecule has 5 heteroatoms. The molecule has 1 heterocycles. The zero-order chi connectivity index (χ0) is 8.97. The summed E-state index contributed by atoms with van der Waals surface area (Å²) in [5, 5.41) is 0.547. The molecule has 0 atom stereocenters. The molecule has 0 aromatic carbocycles. The Morgan fingerprint density at radius 2 is 2.42 bits per heavy atom. The second-order valence-corrected chi connectivity index (χ2v) is 2.74. The molecule has 64 valence electrons. The molecule has 12 heavy (non-hydrogen) atoms. The summed E-state index contributed by atoms with van der Waals surface area (Å²) in [6.07, 6.45) is 1.53. The van der Waals surface area contributed by atoms with Crippen molar-refractivity contribution in [1.82, 2.24) is 4.98 Å². The van der Waals surface area contributed by atoms with Crippen molar-refractivity contribution in [3.8, 4) is 0 Å². The molecular weight excluding hydrogens is 201 g/mol. The number of aromatic nitrogens is 1. The molecular formula is C7H5Cl2NO2. The van der Waals surface area contributed by atoms with Gasteiger partial charge in [-0.2, -0.15) is 0 Å². The van der Waals surface area contributed by atoms with Gasteiger partial charge in [-0.3, -0.25) is 4.98 Å². The Hall–Kier alpha value is -0.800. The predicted molar refractivity (Wildman–Crippen MR) is 45.3 cm³/mol. The fourth-order valence-corrected chi connectivity index (χ4v) is 0.895. The van der Waals surface area contributed by atoms with E-state index in [4.69, 9.17) is 23.2 Å². The summed E-state index contributed by atoms with van der Waals surface area (Å²) < 4.78 is 4.49. The lowest BCUT2D eigenvalue weighted by Crippen LogP contribution is -1.96. The van der Waals surface area contributed by atoms with Gasteiger partial charge in [0.2, 0.25) is 0 Å². The number of pyridine rings is 1. The van der Waals surface area contributed by atoms with Crippen LogP contribution in [0.3, 0.4) is 0 Å². The zero-order valence-corrected chi connectivity index (χ0v) is 7.47. The average Bonchev–Trinajstić information content (AvgIpc) is 2.01. The molecule has 3 nitrogen and oxygen atoms in total. The molecule has 0 fully saturated rings. The minimum atomic E-state index is -0.850. The summed E-state index contributed by atoms with van der Waals surface area (Å²) in [7, 11) is 0. The molecule has 0 aliphatic heterocycles. The van der Waals surface area contributed by atoms with E-state index in [9.17, 15) is 4.79 Å². The van der Waals surface area contributed by atoms with Crippen LogP contribution in [0.2, 0.25) is 5.02 Å². The average molecular weight is 206 g/mol. The SMILES string of the molecule is O=C(Cl)OCc1cc(Cl)ccn1. The van der Waals surface area contributed by atoms with Gasteiger partial charge in [0, 0.05) is 22.8 Å². The van der Waals surface area contributed by atoms with Crippen molar-refractivity contribution in [3.63, 3.8) is 0 Å². The first-order valence-corrected chi connectivity index (χ1v) is 3.87. The van der Waals surface area contributed by atoms with Gasteiger partial charge in [0.1, 0.15) is 6.61 Å². The topological polar surface area (TPSA) is 39.2 Å². The van der Waals surface area contributed by atoms with Gasteiger partial charge in [-0.15, -0.1) is 0 Å². The van der Waals surface area contributed by atoms with Gasteiger partial charge in [-0.1, -0.05) is 11.6 Å². The first kappa shape index (κ1) is 9.29. The number of nitrogens with zero attached hydrogens (tertiary/aromatic N) is 1. The summed E-state index contributed by atoms with van der Waals surface area (Å²) >= 11 is 10.6. The second kappa shape index (κ2) is 4.28. The Kier molecular flexibility index (Phi) is 3.31. The number of carbonyl (C=O) groups is 1. The van der Waals surface area contributed by atoms with Crippen LogP contribution in [0.15, 0.2) is 18.3 Å². The fraction of sp³-hybridized carbons (Fsp3) is 0.143. The zero-order valence-electron chi connectivity index (χ0n) is 5.96. The van der Waals surface area contributed by atoms with E-state index in [1.165, 1.54) is 6.20 Å². The number of hydrogen-bond acceptors (Lipinski definition) is 3. The number of halogens is 2. The van der Waals surface area contributed by atoms with E-state index in [0.29, 0.717) is 10.7 Å². The summed E-state index contributed by atoms with van der Waals surface area (Å²) in [6.45, 7) is 0.0445. The highest BCUT2D eigenvalue weighted by Crippen LogP contribution is 2.08. The third kappa shape index (κ3) is 3.07. The molecule has 0 saturated carbocycles. The first-order chi connectivity index (χ1) is 5.68. The first-order valence-electron chi connectivity index (χ1n) is 3.11. The van der Waals surface area contributed by atoms with Gasteiger partial charge in [-0.25, -0.2) is 4.79 Å². The standard InChI is InChI=1S/C7H5Cl2NO2/c8-5-1-2-10-6(3-5)4-12-7(9)11/h1-3H,4H2. The Labute approximate surface area is 79.3 Å². The van der Waals surface area contributed by atoms with Crippen molar-refractivity contribution in [3.05, 3.63) is 29.0 Å². The fourth-order valence-electron chi connectivity index (χ4n) is 0.658. The van der Waals surface area contributed by atoms with E-state index < -0.39 is 5.43 Å². The van der Waals surface area contributed by atoms with Crippen molar-refractivity contribution in [1.29, 1.82) is 0 Å². The van der Waals surface area contributed by atoms with Crippen LogP contribution < -0.4 is 0 Å². The molecule has 0 bridgehead atoms. The van der Waals surface area contributed by atoms with Gasteiger partial charge in [-0.05, 0) is 12.1 Å². The normalized spacial score (nSPS) is 9.50. The highest BCUT2D eigenvalue weighted by molar-refractivity contribution is 6.61. The number of ether oxygens (including phenoxy) is 1. The lowest BCUT2D eigenvalue weighted by molar-refractivity contribution is 0.165. The highest BCUT2D eigenvalue weighted by atomic mass is 35.5. The molecule has 0 saturated heterocycles. The minimum Gasteiger partial charge on any atom is -0.447 e. The molecule has 1 aromatic rings. The van der Waals surface area contributed by atoms with Crippen LogP contribution in [-0.4, -0.2) is 10.4 Å². The van der Waals surface area contributed by atoms with Crippen molar-refractivity contribution >= 4 is 28.6 Å². The second-order valence-electron chi connectivity index (χ2n) is 1.99. The smallest absolute Gasteiger partial charge is 0.404 e. The molecule has 1 aromatic heterocycles. The number of hydrogen-bond donors (Lipinski definition) is 0. The maximum absolute atomic E-state index is 10.2. The van der Waals surface area contributed by atoms with Crippen LogP contribution in [0.4, 0.5) is 4.79 Å². The van der Waals surface area contributed by atoms with Crippen LogP contribution in [0, 0.1) is 0 Å². The third-order valence-electron chi connectivity index (χ3n) is 1.11. The highest BCUT2D eigenvalue weighted by Gasteiger charge is 1.99. The van der Waals surface area contributed by atoms with Crippen LogP contribution in [0.5, 0.6) is 0 Å². The van der Waals surface area contributed by atoms with Gasteiger partial charge >= 0.3 is 5.43 Å².